The van der Waals surface area contributed by atoms with E-state index in [9.17, 15) is 0 Å². The molecule has 0 aliphatic carbocycles. The quantitative estimate of drug-likeness (QED) is 0.780. The Balaban J connectivity index is 2.24. The molecule has 0 spiro atoms. The van der Waals surface area contributed by atoms with Crippen LogP contribution in [0.2, 0.25) is 0 Å². The highest BCUT2D eigenvalue weighted by atomic mass is 32.2. The summed E-state index contributed by atoms with van der Waals surface area (Å²) in [4.78, 5) is 0. The minimum atomic E-state index is 0.270. The predicted octanol–water partition coefficient (Wildman–Crippen LogP) is 3.42. The van der Waals surface area contributed by atoms with E-state index in [-0.39, 0.29) is 5.54 Å². The first-order valence-electron chi connectivity index (χ1n) is 5.44. The molecule has 1 aromatic rings. The summed E-state index contributed by atoms with van der Waals surface area (Å²) in [5.74, 6) is 1.19. The summed E-state index contributed by atoms with van der Waals surface area (Å²) in [6.45, 7) is 8.89. The zero-order valence-electron chi connectivity index (χ0n) is 9.92. The molecule has 1 saturated heterocycles. The van der Waals surface area contributed by atoms with Crippen LogP contribution < -0.4 is 5.32 Å². The Labute approximate surface area is 96.7 Å². The molecule has 0 bridgehead atoms. The van der Waals surface area contributed by atoms with Crippen molar-refractivity contribution in [1.82, 2.24) is 5.32 Å². The van der Waals surface area contributed by atoms with Crippen LogP contribution in [0.25, 0.3) is 0 Å². The predicted molar refractivity (Wildman–Crippen MR) is 68.3 cm³/mol. The summed E-state index contributed by atoms with van der Waals surface area (Å²) in [6.07, 6.45) is 0. The second kappa shape index (κ2) is 3.84. The molecule has 1 N–H and O–H groups in total. The highest BCUT2D eigenvalue weighted by molar-refractivity contribution is 7.99. The Morgan fingerprint density at radius 2 is 2.07 bits per heavy atom. The standard InChI is InChI=1S/C13H19NS/c1-9-5-6-11(10(2)7-9)12-14-13(3,4)8-15-12/h5-7,12,14H,8H2,1-4H3. The highest BCUT2D eigenvalue weighted by Crippen LogP contribution is 2.38. The molecule has 1 unspecified atom stereocenters. The van der Waals surface area contributed by atoms with Gasteiger partial charge in [0.25, 0.3) is 0 Å². The van der Waals surface area contributed by atoms with E-state index in [0.29, 0.717) is 5.37 Å². The lowest BCUT2D eigenvalue weighted by Gasteiger charge is -2.20. The third kappa shape index (κ3) is 2.37. The van der Waals surface area contributed by atoms with E-state index in [1.54, 1.807) is 0 Å². The number of aryl methyl sites for hydroxylation is 2. The van der Waals surface area contributed by atoms with Gasteiger partial charge in [-0.1, -0.05) is 23.8 Å². The molecule has 15 heavy (non-hydrogen) atoms. The Morgan fingerprint density at radius 1 is 1.33 bits per heavy atom. The van der Waals surface area contributed by atoms with E-state index in [1.165, 1.54) is 22.4 Å². The average Bonchev–Trinajstić information content (AvgIpc) is 2.46. The maximum atomic E-state index is 3.67. The fourth-order valence-corrected chi connectivity index (χ4v) is 3.53. The van der Waals surface area contributed by atoms with Crippen LogP contribution in [0.15, 0.2) is 18.2 Å². The number of hydrogen-bond acceptors (Lipinski definition) is 2. The van der Waals surface area contributed by atoms with Gasteiger partial charge in [0.2, 0.25) is 0 Å². The summed E-state index contributed by atoms with van der Waals surface area (Å²) in [5, 5.41) is 4.14. The van der Waals surface area contributed by atoms with Gasteiger partial charge in [-0.3, -0.25) is 5.32 Å². The van der Waals surface area contributed by atoms with Crippen molar-refractivity contribution in [2.24, 2.45) is 0 Å². The van der Waals surface area contributed by atoms with Crippen LogP contribution in [0.4, 0.5) is 0 Å². The Hall–Kier alpha value is -0.470. The fourth-order valence-electron chi connectivity index (χ4n) is 2.02. The van der Waals surface area contributed by atoms with Crippen molar-refractivity contribution in [3.8, 4) is 0 Å². The molecule has 1 nitrogen and oxygen atoms in total. The smallest absolute Gasteiger partial charge is 0.0796 e. The van der Waals surface area contributed by atoms with Crippen LogP contribution in [0.1, 0.15) is 35.9 Å². The summed E-state index contributed by atoms with van der Waals surface area (Å²) < 4.78 is 0. The van der Waals surface area contributed by atoms with Crippen molar-refractivity contribution in [2.75, 3.05) is 5.75 Å². The monoisotopic (exact) mass is 221 g/mol. The molecule has 0 radical (unpaired) electrons. The summed E-state index contributed by atoms with van der Waals surface area (Å²) in [7, 11) is 0. The van der Waals surface area contributed by atoms with Gasteiger partial charge in [-0.15, -0.1) is 11.8 Å². The van der Waals surface area contributed by atoms with Gasteiger partial charge in [0.15, 0.2) is 0 Å². The molecule has 1 aromatic carbocycles. The molecular weight excluding hydrogens is 202 g/mol. The van der Waals surface area contributed by atoms with Gasteiger partial charge in [-0.05, 0) is 38.8 Å². The van der Waals surface area contributed by atoms with E-state index < -0.39 is 0 Å². The van der Waals surface area contributed by atoms with Crippen molar-refractivity contribution in [3.63, 3.8) is 0 Å². The molecule has 0 saturated carbocycles. The van der Waals surface area contributed by atoms with Gasteiger partial charge in [0.05, 0.1) is 5.37 Å². The Bertz CT molecular complexity index is 371. The van der Waals surface area contributed by atoms with Crippen LogP contribution in [0.3, 0.4) is 0 Å². The lowest BCUT2D eigenvalue weighted by molar-refractivity contribution is 0.451. The molecule has 82 valence electrons. The molecule has 1 fully saturated rings. The van der Waals surface area contributed by atoms with E-state index in [1.807, 2.05) is 11.8 Å². The normalized spacial score (nSPS) is 24.4. The largest absolute Gasteiger partial charge is 0.296 e. The lowest BCUT2D eigenvalue weighted by Crippen LogP contribution is -2.36. The fraction of sp³-hybridized carbons (Fsp3) is 0.538. The van der Waals surface area contributed by atoms with Gasteiger partial charge in [0, 0.05) is 11.3 Å². The van der Waals surface area contributed by atoms with Crippen molar-refractivity contribution >= 4 is 11.8 Å². The second-order valence-electron chi connectivity index (χ2n) is 5.08. The molecule has 1 heterocycles. The first-order chi connectivity index (χ1) is 6.98. The van der Waals surface area contributed by atoms with Crippen LogP contribution in [-0.4, -0.2) is 11.3 Å². The van der Waals surface area contributed by atoms with E-state index in [4.69, 9.17) is 0 Å². The van der Waals surface area contributed by atoms with E-state index in [0.717, 1.165) is 0 Å². The topological polar surface area (TPSA) is 12.0 Å². The SMILES string of the molecule is Cc1ccc(C2NC(C)(C)CS2)c(C)c1. The molecular formula is C13H19NS. The summed E-state index contributed by atoms with van der Waals surface area (Å²) >= 11 is 2.01. The zero-order valence-corrected chi connectivity index (χ0v) is 10.7. The minimum Gasteiger partial charge on any atom is -0.296 e. The van der Waals surface area contributed by atoms with Gasteiger partial charge >= 0.3 is 0 Å². The van der Waals surface area contributed by atoms with Crippen LogP contribution in [0.5, 0.6) is 0 Å². The number of nitrogens with one attached hydrogen (secondary N) is 1. The zero-order chi connectivity index (χ0) is 11.1. The van der Waals surface area contributed by atoms with Crippen LogP contribution in [-0.2, 0) is 0 Å². The molecule has 2 rings (SSSR count). The number of rotatable bonds is 1. The van der Waals surface area contributed by atoms with Crippen molar-refractivity contribution in [3.05, 3.63) is 34.9 Å². The van der Waals surface area contributed by atoms with Crippen molar-refractivity contribution < 1.29 is 0 Å². The lowest BCUT2D eigenvalue weighted by atomic mass is 10.0. The molecule has 1 aliphatic rings. The molecule has 2 heteroatoms. The molecule has 0 amide bonds. The molecule has 1 aliphatic heterocycles. The minimum absolute atomic E-state index is 0.270. The van der Waals surface area contributed by atoms with E-state index >= 15 is 0 Å². The summed E-state index contributed by atoms with van der Waals surface area (Å²) in [5.41, 5.74) is 4.46. The average molecular weight is 221 g/mol. The Kier molecular flexibility index (Phi) is 2.82. The van der Waals surface area contributed by atoms with E-state index in [2.05, 4.69) is 51.2 Å². The number of benzene rings is 1. The Morgan fingerprint density at radius 3 is 2.60 bits per heavy atom. The second-order valence-corrected chi connectivity index (χ2v) is 6.17. The van der Waals surface area contributed by atoms with Gasteiger partial charge in [-0.2, -0.15) is 0 Å². The van der Waals surface area contributed by atoms with Gasteiger partial charge in [0.1, 0.15) is 0 Å². The first-order valence-corrected chi connectivity index (χ1v) is 6.49. The first kappa shape index (κ1) is 11.0. The maximum Gasteiger partial charge on any atom is 0.0796 e. The number of thioether (sulfide) groups is 1. The highest BCUT2D eigenvalue weighted by Gasteiger charge is 2.31. The third-order valence-corrected chi connectivity index (χ3v) is 4.43. The number of hydrogen-bond donors (Lipinski definition) is 1. The molecule has 0 aromatic heterocycles. The van der Waals surface area contributed by atoms with Crippen molar-refractivity contribution in [2.45, 2.75) is 38.6 Å². The maximum absolute atomic E-state index is 3.67. The van der Waals surface area contributed by atoms with Crippen molar-refractivity contribution in [1.29, 1.82) is 0 Å². The van der Waals surface area contributed by atoms with Gasteiger partial charge in [-0.25, -0.2) is 0 Å². The third-order valence-electron chi connectivity index (χ3n) is 2.84. The summed E-state index contributed by atoms with van der Waals surface area (Å²) in [6, 6.07) is 6.73. The van der Waals surface area contributed by atoms with Crippen LogP contribution >= 0.6 is 11.8 Å². The van der Waals surface area contributed by atoms with Crippen LogP contribution in [0, 0.1) is 13.8 Å². The van der Waals surface area contributed by atoms with Gasteiger partial charge < -0.3 is 0 Å². The molecule has 1 atom stereocenters.